The first-order valence-electron chi connectivity index (χ1n) is 6.40. The number of hydrogen-bond donors (Lipinski definition) is 1. The van der Waals surface area contributed by atoms with Crippen molar-refractivity contribution in [1.29, 1.82) is 0 Å². The Bertz CT molecular complexity index is 378. The van der Waals surface area contributed by atoms with Crippen LogP contribution in [-0.2, 0) is 11.3 Å². The largest absolute Gasteiger partial charge is 0.343 e. The average Bonchev–Trinajstić information content (AvgIpc) is 2.36. The van der Waals surface area contributed by atoms with Crippen molar-refractivity contribution >= 4 is 17.5 Å². The van der Waals surface area contributed by atoms with Crippen LogP contribution in [0.2, 0.25) is 5.02 Å². The minimum absolute atomic E-state index is 0.207. The van der Waals surface area contributed by atoms with Gasteiger partial charge in [-0.1, -0.05) is 23.7 Å². The van der Waals surface area contributed by atoms with Crippen LogP contribution in [0.3, 0.4) is 0 Å². The standard InChI is InChI=1S/C14H21ClN2O/c1-3-17(4-2)14(18)8-9-16-11-12-6-5-7-13(15)10-12/h5-7,10,16H,3-4,8-9,11H2,1-2H3. The van der Waals surface area contributed by atoms with E-state index in [1.165, 1.54) is 0 Å². The summed E-state index contributed by atoms with van der Waals surface area (Å²) in [5.41, 5.74) is 1.14. The van der Waals surface area contributed by atoms with Gasteiger partial charge in [-0.05, 0) is 31.5 Å². The van der Waals surface area contributed by atoms with Gasteiger partial charge in [0, 0.05) is 37.6 Å². The van der Waals surface area contributed by atoms with E-state index in [4.69, 9.17) is 11.6 Å². The van der Waals surface area contributed by atoms with Crippen LogP contribution in [0, 0.1) is 0 Å². The van der Waals surface area contributed by atoms with Crippen LogP contribution in [-0.4, -0.2) is 30.4 Å². The van der Waals surface area contributed by atoms with Crippen LogP contribution in [0.4, 0.5) is 0 Å². The molecule has 4 heteroatoms. The molecule has 100 valence electrons. The van der Waals surface area contributed by atoms with Crippen molar-refractivity contribution in [3.05, 3.63) is 34.9 Å². The zero-order valence-corrected chi connectivity index (χ0v) is 11.8. The van der Waals surface area contributed by atoms with Crippen LogP contribution in [0.25, 0.3) is 0 Å². The molecule has 0 spiro atoms. The molecule has 1 aromatic rings. The Labute approximate surface area is 114 Å². The highest BCUT2D eigenvalue weighted by Gasteiger charge is 2.08. The number of rotatable bonds is 7. The molecule has 1 aromatic carbocycles. The Hall–Kier alpha value is -1.06. The zero-order chi connectivity index (χ0) is 13.4. The fraction of sp³-hybridized carbons (Fsp3) is 0.500. The van der Waals surface area contributed by atoms with E-state index in [1.54, 1.807) is 0 Å². The number of halogens is 1. The van der Waals surface area contributed by atoms with Crippen molar-refractivity contribution in [1.82, 2.24) is 10.2 Å². The maximum atomic E-state index is 11.7. The number of nitrogens with one attached hydrogen (secondary N) is 1. The van der Waals surface area contributed by atoms with E-state index >= 15 is 0 Å². The quantitative estimate of drug-likeness (QED) is 0.771. The van der Waals surface area contributed by atoms with Gasteiger partial charge in [-0.25, -0.2) is 0 Å². The SMILES string of the molecule is CCN(CC)C(=O)CCNCc1cccc(Cl)c1. The van der Waals surface area contributed by atoms with Gasteiger partial charge in [0.05, 0.1) is 0 Å². The first-order valence-corrected chi connectivity index (χ1v) is 6.78. The van der Waals surface area contributed by atoms with Gasteiger partial charge in [0.2, 0.25) is 5.91 Å². The van der Waals surface area contributed by atoms with Crippen LogP contribution < -0.4 is 5.32 Å². The predicted octanol–water partition coefficient (Wildman–Crippen LogP) is 2.69. The Morgan fingerprint density at radius 3 is 2.67 bits per heavy atom. The van der Waals surface area contributed by atoms with Gasteiger partial charge < -0.3 is 10.2 Å². The fourth-order valence-electron chi connectivity index (χ4n) is 1.81. The van der Waals surface area contributed by atoms with Gasteiger partial charge in [-0.15, -0.1) is 0 Å². The smallest absolute Gasteiger partial charge is 0.223 e. The van der Waals surface area contributed by atoms with Crippen molar-refractivity contribution in [2.45, 2.75) is 26.8 Å². The van der Waals surface area contributed by atoms with Crippen LogP contribution in [0.15, 0.2) is 24.3 Å². The molecule has 0 saturated carbocycles. The minimum Gasteiger partial charge on any atom is -0.343 e. The Kier molecular flexibility index (Phi) is 6.76. The first-order chi connectivity index (χ1) is 8.67. The molecule has 0 bridgehead atoms. The van der Waals surface area contributed by atoms with Crippen molar-refractivity contribution < 1.29 is 4.79 Å². The zero-order valence-electron chi connectivity index (χ0n) is 11.1. The molecule has 0 aromatic heterocycles. The molecule has 0 fully saturated rings. The summed E-state index contributed by atoms with van der Waals surface area (Å²) in [4.78, 5) is 13.6. The van der Waals surface area contributed by atoms with Gasteiger partial charge >= 0.3 is 0 Å². The summed E-state index contributed by atoms with van der Waals surface area (Å²) in [5.74, 6) is 0.207. The number of carbonyl (C=O) groups excluding carboxylic acids is 1. The van der Waals surface area contributed by atoms with Gasteiger partial charge in [0.25, 0.3) is 0 Å². The van der Waals surface area contributed by atoms with Crippen LogP contribution in [0.5, 0.6) is 0 Å². The van der Waals surface area contributed by atoms with Crippen LogP contribution in [0.1, 0.15) is 25.8 Å². The monoisotopic (exact) mass is 268 g/mol. The van der Waals surface area contributed by atoms with E-state index in [1.807, 2.05) is 43.0 Å². The van der Waals surface area contributed by atoms with E-state index in [2.05, 4.69) is 5.32 Å². The van der Waals surface area contributed by atoms with Crippen molar-refractivity contribution in [2.24, 2.45) is 0 Å². The Balaban J connectivity index is 2.24. The predicted molar refractivity (Wildman–Crippen MR) is 75.7 cm³/mol. The molecular formula is C14H21ClN2O. The van der Waals surface area contributed by atoms with E-state index in [0.29, 0.717) is 13.0 Å². The average molecular weight is 269 g/mol. The van der Waals surface area contributed by atoms with Gasteiger partial charge in [-0.2, -0.15) is 0 Å². The lowest BCUT2D eigenvalue weighted by molar-refractivity contribution is -0.130. The number of hydrogen-bond acceptors (Lipinski definition) is 2. The summed E-state index contributed by atoms with van der Waals surface area (Å²) < 4.78 is 0. The first kappa shape index (κ1) is 15.0. The summed E-state index contributed by atoms with van der Waals surface area (Å²) in [6.07, 6.45) is 0.544. The summed E-state index contributed by atoms with van der Waals surface area (Å²) in [6.45, 7) is 7.00. The van der Waals surface area contributed by atoms with Gasteiger partial charge in [-0.3, -0.25) is 4.79 Å². The van der Waals surface area contributed by atoms with E-state index in [9.17, 15) is 4.79 Å². The van der Waals surface area contributed by atoms with Crippen molar-refractivity contribution in [3.63, 3.8) is 0 Å². The third-order valence-electron chi connectivity index (χ3n) is 2.85. The maximum absolute atomic E-state index is 11.7. The molecular weight excluding hydrogens is 248 g/mol. The van der Waals surface area contributed by atoms with Crippen LogP contribution >= 0.6 is 11.6 Å². The molecule has 0 atom stereocenters. The molecule has 3 nitrogen and oxygen atoms in total. The molecule has 1 amide bonds. The maximum Gasteiger partial charge on any atom is 0.223 e. The molecule has 0 saturated heterocycles. The third kappa shape index (κ3) is 5.07. The minimum atomic E-state index is 0.207. The molecule has 0 aliphatic carbocycles. The highest BCUT2D eigenvalue weighted by molar-refractivity contribution is 6.30. The Morgan fingerprint density at radius 2 is 2.06 bits per heavy atom. The molecule has 0 aliphatic heterocycles. The summed E-state index contributed by atoms with van der Waals surface area (Å²) in [7, 11) is 0. The number of carbonyl (C=O) groups is 1. The Morgan fingerprint density at radius 1 is 1.33 bits per heavy atom. The molecule has 0 aliphatic rings. The lowest BCUT2D eigenvalue weighted by Gasteiger charge is -2.18. The van der Waals surface area contributed by atoms with Gasteiger partial charge in [0.1, 0.15) is 0 Å². The second-order valence-electron chi connectivity index (χ2n) is 4.12. The second-order valence-corrected chi connectivity index (χ2v) is 4.56. The fourth-order valence-corrected chi connectivity index (χ4v) is 2.02. The second kappa shape index (κ2) is 8.11. The highest BCUT2D eigenvalue weighted by atomic mass is 35.5. The summed E-state index contributed by atoms with van der Waals surface area (Å²) >= 11 is 5.90. The number of nitrogens with zero attached hydrogens (tertiary/aromatic N) is 1. The van der Waals surface area contributed by atoms with E-state index in [-0.39, 0.29) is 5.91 Å². The normalized spacial score (nSPS) is 10.4. The molecule has 18 heavy (non-hydrogen) atoms. The molecule has 1 rings (SSSR count). The lowest BCUT2D eigenvalue weighted by Crippen LogP contribution is -2.32. The molecule has 1 N–H and O–H groups in total. The topological polar surface area (TPSA) is 32.3 Å². The van der Waals surface area contributed by atoms with E-state index in [0.717, 1.165) is 30.2 Å². The third-order valence-corrected chi connectivity index (χ3v) is 3.09. The summed E-state index contributed by atoms with van der Waals surface area (Å²) in [5, 5.41) is 4.00. The molecule has 0 radical (unpaired) electrons. The van der Waals surface area contributed by atoms with Crippen molar-refractivity contribution in [3.8, 4) is 0 Å². The lowest BCUT2D eigenvalue weighted by atomic mass is 10.2. The van der Waals surface area contributed by atoms with Gasteiger partial charge in [0.15, 0.2) is 0 Å². The highest BCUT2D eigenvalue weighted by Crippen LogP contribution is 2.10. The van der Waals surface area contributed by atoms with Crippen molar-refractivity contribution in [2.75, 3.05) is 19.6 Å². The molecule has 0 unspecified atom stereocenters. The van der Waals surface area contributed by atoms with E-state index < -0.39 is 0 Å². The molecule has 0 heterocycles. The number of amides is 1. The number of benzene rings is 1. The summed E-state index contributed by atoms with van der Waals surface area (Å²) in [6, 6.07) is 7.74.